The summed E-state index contributed by atoms with van der Waals surface area (Å²) in [5.74, 6) is 0.895. The molecule has 4 heteroatoms. The zero-order valence-corrected chi connectivity index (χ0v) is 12.3. The summed E-state index contributed by atoms with van der Waals surface area (Å²) in [6.07, 6.45) is 0. The zero-order valence-electron chi connectivity index (χ0n) is 11.5. The fourth-order valence-corrected chi connectivity index (χ4v) is 2.95. The Balaban J connectivity index is 1.91. The molecule has 0 atom stereocenters. The third-order valence-electron chi connectivity index (χ3n) is 3.06. The average molecular weight is 284 g/mol. The minimum absolute atomic E-state index is 0.679. The van der Waals surface area contributed by atoms with Crippen LogP contribution in [0.1, 0.15) is 12.5 Å². The normalized spacial score (nSPS) is 10.7. The van der Waals surface area contributed by atoms with E-state index in [0.29, 0.717) is 6.61 Å². The third-order valence-corrected chi connectivity index (χ3v) is 3.99. The quantitative estimate of drug-likeness (QED) is 0.751. The van der Waals surface area contributed by atoms with Crippen molar-refractivity contribution < 1.29 is 4.74 Å². The number of thiazole rings is 1. The maximum Gasteiger partial charge on any atom is 0.188 e. The molecule has 1 aromatic heterocycles. The molecule has 0 saturated heterocycles. The first-order valence-electron chi connectivity index (χ1n) is 6.62. The van der Waals surface area contributed by atoms with Crippen molar-refractivity contribution in [2.24, 2.45) is 0 Å². The Labute approximate surface area is 122 Å². The second-order valence-corrected chi connectivity index (χ2v) is 5.55. The highest BCUT2D eigenvalue weighted by atomic mass is 32.1. The van der Waals surface area contributed by atoms with E-state index in [4.69, 9.17) is 4.74 Å². The summed E-state index contributed by atoms with van der Waals surface area (Å²) in [5.41, 5.74) is 3.30. The van der Waals surface area contributed by atoms with Crippen LogP contribution in [0.25, 0.3) is 10.2 Å². The van der Waals surface area contributed by atoms with Gasteiger partial charge in [-0.1, -0.05) is 29.5 Å². The Kier molecular flexibility index (Phi) is 3.56. The summed E-state index contributed by atoms with van der Waals surface area (Å²) in [7, 11) is 0. The van der Waals surface area contributed by atoms with Gasteiger partial charge in [0.2, 0.25) is 0 Å². The van der Waals surface area contributed by atoms with Gasteiger partial charge in [-0.15, -0.1) is 0 Å². The van der Waals surface area contributed by atoms with Gasteiger partial charge in [0.05, 0.1) is 16.8 Å². The molecular weight excluding hydrogens is 268 g/mol. The lowest BCUT2D eigenvalue weighted by atomic mass is 10.2. The molecule has 3 rings (SSSR count). The van der Waals surface area contributed by atoms with Crippen LogP contribution >= 0.6 is 11.3 Å². The standard InChI is InChI=1S/C16H16N2OS/c1-3-19-12-8-9-14-15(10-12)20-16(18-14)17-13-7-5-4-6-11(13)2/h4-10H,3H2,1-2H3,(H,17,18). The van der Waals surface area contributed by atoms with Gasteiger partial charge < -0.3 is 10.1 Å². The Morgan fingerprint density at radius 1 is 1.20 bits per heavy atom. The molecule has 0 amide bonds. The lowest BCUT2D eigenvalue weighted by Gasteiger charge is -2.04. The van der Waals surface area contributed by atoms with Crippen molar-refractivity contribution in [2.45, 2.75) is 13.8 Å². The minimum atomic E-state index is 0.679. The maximum absolute atomic E-state index is 5.52. The van der Waals surface area contributed by atoms with Gasteiger partial charge in [-0.3, -0.25) is 0 Å². The summed E-state index contributed by atoms with van der Waals surface area (Å²) >= 11 is 1.64. The van der Waals surface area contributed by atoms with Crippen LogP contribution in [-0.2, 0) is 0 Å². The number of hydrogen-bond donors (Lipinski definition) is 1. The number of anilines is 2. The number of fused-ring (bicyclic) bond motifs is 1. The summed E-state index contributed by atoms with van der Waals surface area (Å²) in [6, 6.07) is 14.2. The van der Waals surface area contributed by atoms with Crippen LogP contribution < -0.4 is 10.1 Å². The predicted molar refractivity (Wildman–Crippen MR) is 85.3 cm³/mol. The fraction of sp³-hybridized carbons (Fsp3) is 0.188. The number of aryl methyl sites for hydroxylation is 1. The molecule has 3 aromatic rings. The highest BCUT2D eigenvalue weighted by Gasteiger charge is 2.06. The first-order valence-corrected chi connectivity index (χ1v) is 7.44. The van der Waals surface area contributed by atoms with Crippen LogP contribution in [-0.4, -0.2) is 11.6 Å². The molecule has 0 bridgehead atoms. The van der Waals surface area contributed by atoms with Crippen LogP contribution in [0.2, 0.25) is 0 Å². The number of rotatable bonds is 4. The predicted octanol–water partition coefficient (Wildman–Crippen LogP) is 4.75. The maximum atomic E-state index is 5.52. The van der Waals surface area contributed by atoms with Gasteiger partial charge in [0.1, 0.15) is 5.75 Å². The molecule has 0 aliphatic heterocycles. The van der Waals surface area contributed by atoms with E-state index < -0.39 is 0 Å². The summed E-state index contributed by atoms with van der Waals surface area (Å²) in [5, 5.41) is 4.29. The minimum Gasteiger partial charge on any atom is -0.494 e. The van der Waals surface area contributed by atoms with Crippen molar-refractivity contribution in [1.29, 1.82) is 0 Å². The van der Waals surface area contributed by atoms with Crippen LogP contribution in [0.15, 0.2) is 42.5 Å². The summed E-state index contributed by atoms with van der Waals surface area (Å²) in [4.78, 5) is 4.60. The SMILES string of the molecule is CCOc1ccc2nc(Nc3ccccc3C)sc2c1. The van der Waals surface area contributed by atoms with E-state index in [1.807, 2.05) is 37.3 Å². The Bertz CT molecular complexity index is 736. The highest BCUT2D eigenvalue weighted by Crippen LogP contribution is 2.31. The van der Waals surface area contributed by atoms with E-state index in [1.54, 1.807) is 11.3 Å². The number of benzene rings is 2. The second-order valence-electron chi connectivity index (χ2n) is 4.52. The molecular formula is C16H16N2OS. The second kappa shape index (κ2) is 5.51. The molecule has 0 fully saturated rings. The molecule has 3 nitrogen and oxygen atoms in total. The molecule has 0 aliphatic rings. The Hall–Kier alpha value is -2.07. The van der Waals surface area contributed by atoms with Gasteiger partial charge >= 0.3 is 0 Å². The Morgan fingerprint density at radius 3 is 2.85 bits per heavy atom. The number of hydrogen-bond acceptors (Lipinski definition) is 4. The number of ether oxygens (including phenoxy) is 1. The van der Waals surface area contributed by atoms with E-state index in [-0.39, 0.29) is 0 Å². The van der Waals surface area contributed by atoms with Crippen molar-refractivity contribution in [1.82, 2.24) is 4.98 Å². The molecule has 0 spiro atoms. The molecule has 0 radical (unpaired) electrons. The number of para-hydroxylation sites is 1. The summed E-state index contributed by atoms with van der Waals surface area (Å²) < 4.78 is 6.65. The van der Waals surface area contributed by atoms with Gasteiger partial charge in [0.15, 0.2) is 5.13 Å². The number of nitrogens with zero attached hydrogens (tertiary/aromatic N) is 1. The van der Waals surface area contributed by atoms with Gasteiger partial charge in [-0.25, -0.2) is 4.98 Å². The van der Waals surface area contributed by atoms with E-state index in [2.05, 4.69) is 29.4 Å². The van der Waals surface area contributed by atoms with E-state index in [1.165, 1.54) is 5.56 Å². The van der Waals surface area contributed by atoms with E-state index >= 15 is 0 Å². The van der Waals surface area contributed by atoms with Crippen molar-refractivity contribution in [3.63, 3.8) is 0 Å². The summed E-state index contributed by atoms with van der Waals surface area (Å²) in [6.45, 7) is 4.75. The van der Waals surface area contributed by atoms with Crippen molar-refractivity contribution >= 4 is 32.4 Å². The number of aromatic nitrogens is 1. The fourth-order valence-electron chi connectivity index (χ4n) is 2.04. The van der Waals surface area contributed by atoms with Crippen molar-refractivity contribution in [3.8, 4) is 5.75 Å². The Morgan fingerprint density at radius 2 is 2.05 bits per heavy atom. The van der Waals surface area contributed by atoms with Crippen LogP contribution in [0.3, 0.4) is 0 Å². The van der Waals surface area contributed by atoms with Gasteiger partial charge in [-0.05, 0) is 43.7 Å². The van der Waals surface area contributed by atoms with Crippen molar-refractivity contribution in [3.05, 3.63) is 48.0 Å². The molecule has 0 aliphatic carbocycles. The van der Waals surface area contributed by atoms with Crippen molar-refractivity contribution in [2.75, 3.05) is 11.9 Å². The van der Waals surface area contributed by atoms with Gasteiger partial charge in [0, 0.05) is 5.69 Å². The van der Waals surface area contributed by atoms with Crippen LogP contribution in [0.5, 0.6) is 5.75 Å². The largest absolute Gasteiger partial charge is 0.494 e. The highest BCUT2D eigenvalue weighted by molar-refractivity contribution is 7.22. The average Bonchev–Trinajstić information content (AvgIpc) is 2.83. The number of nitrogens with one attached hydrogen (secondary N) is 1. The monoisotopic (exact) mass is 284 g/mol. The lowest BCUT2D eigenvalue weighted by Crippen LogP contribution is -1.91. The molecule has 0 saturated carbocycles. The van der Waals surface area contributed by atoms with Crippen LogP contribution in [0, 0.1) is 6.92 Å². The van der Waals surface area contributed by atoms with E-state index in [9.17, 15) is 0 Å². The molecule has 1 N–H and O–H groups in total. The molecule has 0 unspecified atom stereocenters. The van der Waals surface area contributed by atoms with Crippen LogP contribution in [0.4, 0.5) is 10.8 Å². The first kappa shape index (κ1) is 12.9. The third kappa shape index (κ3) is 2.60. The lowest BCUT2D eigenvalue weighted by molar-refractivity contribution is 0.341. The van der Waals surface area contributed by atoms with Gasteiger partial charge in [-0.2, -0.15) is 0 Å². The molecule has 102 valence electrons. The van der Waals surface area contributed by atoms with Gasteiger partial charge in [0.25, 0.3) is 0 Å². The zero-order chi connectivity index (χ0) is 13.9. The topological polar surface area (TPSA) is 34.1 Å². The van der Waals surface area contributed by atoms with E-state index in [0.717, 1.165) is 26.8 Å². The molecule has 2 aromatic carbocycles. The first-order chi connectivity index (χ1) is 9.76. The molecule has 1 heterocycles. The smallest absolute Gasteiger partial charge is 0.188 e. The molecule has 20 heavy (non-hydrogen) atoms.